The number of nitrogens with zero attached hydrogens (tertiary/aromatic N) is 1. The summed E-state index contributed by atoms with van der Waals surface area (Å²) < 4.78 is 5.15. The van der Waals surface area contributed by atoms with Crippen LogP contribution in [0.3, 0.4) is 0 Å². The predicted molar refractivity (Wildman–Crippen MR) is 56.4 cm³/mol. The molecule has 0 aliphatic rings. The van der Waals surface area contributed by atoms with Crippen molar-refractivity contribution in [2.75, 3.05) is 13.2 Å². The summed E-state index contributed by atoms with van der Waals surface area (Å²) in [7, 11) is 0. The molecule has 0 aliphatic heterocycles. The van der Waals surface area contributed by atoms with Crippen LogP contribution in [-0.4, -0.2) is 19.0 Å². The van der Waals surface area contributed by atoms with E-state index in [-0.39, 0.29) is 12.4 Å². The van der Waals surface area contributed by atoms with Gasteiger partial charge in [-0.25, -0.2) is 0 Å². The van der Waals surface area contributed by atoms with Gasteiger partial charge >= 0.3 is 0 Å². The standard InChI is InChI=1S/C12H13NO2/c13-8-4-5-9-15-10-12(14)11-6-2-1-3-7-11/h1-3,6-7H,4-5,9-10H2. The molecule has 1 aromatic rings. The molecule has 0 aromatic heterocycles. The molecule has 0 saturated carbocycles. The second kappa shape index (κ2) is 6.74. The van der Waals surface area contributed by atoms with Gasteiger partial charge in [0.25, 0.3) is 0 Å². The van der Waals surface area contributed by atoms with Crippen molar-refractivity contribution < 1.29 is 9.53 Å². The van der Waals surface area contributed by atoms with Gasteiger partial charge in [0, 0.05) is 18.6 Å². The quantitative estimate of drug-likeness (QED) is 0.526. The molecule has 0 amide bonds. The summed E-state index contributed by atoms with van der Waals surface area (Å²) in [6.45, 7) is 0.557. The van der Waals surface area contributed by atoms with Gasteiger partial charge in [0.1, 0.15) is 6.61 Å². The molecule has 0 atom stereocenters. The number of hydrogen-bond acceptors (Lipinski definition) is 3. The van der Waals surface area contributed by atoms with Crippen molar-refractivity contribution in [1.29, 1.82) is 5.26 Å². The Labute approximate surface area is 89.3 Å². The van der Waals surface area contributed by atoms with E-state index in [4.69, 9.17) is 10.00 Å². The Hall–Kier alpha value is -1.66. The number of unbranched alkanes of at least 4 members (excludes halogenated alkanes) is 1. The van der Waals surface area contributed by atoms with E-state index in [0.717, 1.165) is 0 Å². The molecule has 0 bridgehead atoms. The first kappa shape index (κ1) is 11.4. The van der Waals surface area contributed by atoms with Gasteiger partial charge in [-0.3, -0.25) is 4.79 Å². The molecule has 1 aromatic carbocycles. The third kappa shape index (κ3) is 4.39. The molecule has 78 valence electrons. The maximum absolute atomic E-state index is 11.5. The van der Waals surface area contributed by atoms with Crippen LogP contribution in [0.4, 0.5) is 0 Å². The molecule has 3 heteroatoms. The van der Waals surface area contributed by atoms with E-state index < -0.39 is 0 Å². The average Bonchev–Trinajstić information content (AvgIpc) is 2.30. The second-order valence-electron chi connectivity index (χ2n) is 3.10. The molecule has 0 spiro atoms. The number of carbonyl (C=O) groups excluding carboxylic acids is 1. The minimum Gasteiger partial charge on any atom is -0.373 e. The minimum absolute atomic E-state index is 0.0208. The van der Waals surface area contributed by atoms with Crippen LogP contribution in [0.2, 0.25) is 0 Å². The Morgan fingerprint density at radius 3 is 2.73 bits per heavy atom. The van der Waals surface area contributed by atoms with Crippen molar-refractivity contribution in [3.8, 4) is 6.07 Å². The zero-order valence-electron chi connectivity index (χ0n) is 8.48. The highest BCUT2D eigenvalue weighted by Crippen LogP contribution is 2.00. The highest BCUT2D eigenvalue weighted by Gasteiger charge is 2.03. The Kier molecular flexibility index (Phi) is 5.13. The molecular weight excluding hydrogens is 190 g/mol. The number of ether oxygens (including phenoxy) is 1. The molecule has 0 unspecified atom stereocenters. The van der Waals surface area contributed by atoms with Crippen LogP contribution in [-0.2, 0) is 4.74 Å². The van der Waals surface area contributed by atoms with Gasteiger partial charge in [-0.2, -0.15) is 5.26 Å². The molecule has 0 fully saturated rings. The topological polar surface area (TPSA) is 50.1 Å². The van der Waals surface area contributed by atoms with Crippen molar-refractivity contribution >= 4 is 5.78 Å². The van der Waals surface area contributed by atoms with E-state index in [1.807, 2.05) is 24.3 Å². The summed E-state index contributed by atoms with van der Waals surface area (Å²) in [6, 6.07) is 11.1. The average molecular weight is 203 g/mol. The van der Waals surface area contributed by atoms with E-state index in [1.165, 1.54) is 0 Å². The fourth-order valence-electron chi connectivity index (χ4n) is 1.13. The summed E-state index contributed by atoms with van der Waals surface area (Å²) in [5.41, 5.74) is 0.665. The van der Waals surface area contributed by atoms with Gasteiger partial charge in [-0.1, -0.05) is 30.3 Å². The molecule has 0 saturated heterocycles. The molecule has 15 heavy (non-hydrogen) atoms. The van der Waals surface area contributed by atoms with Gasteiger partial charge in [-0.05, 0) is 6.42 Å². The zero-order valence-corrected chi connectivity index (χ0v) is 8.48. The lowest BCUT2D eigenvalue weighted by atomic mass is 10.1. The van der Waals surface area contributed by atoms with E-state index >= 15 is 0 Å². The van der Waals surface area contributed by atoms with Crippen LogP contribution in [0, 0.1) is 11.3 Å². The summed E-state index contributed by atoms with van der Waals surface area (Å²) >= 11 is 0. The number of carbonyl (C=O) groups is 1. The predicted octanol–water partition coefficient (Wildman–Crippen LogP) is 2.19. The van der Waals surface area contributed by atoms with E-state index in [1.54, 1.807) is 12.1 Å². The van der Waals surface area contributed by atoms with Crippen LogP contribution >= 0.6 is 0 Å². The van der Waals surface area contributed by atoms with E-state index in [0.29, 0.717) is 25.0 Å². The first-order valence-electron chi connectivity index (χ1n) is 4.87. The fraction of sp³-hybridized carbons (Fsp3) is 0.333. The normalized spacial score (nSPS) is 9.53. The lowest BCUT2D eigenvalue weighted by molar-refractivity contribution is 0.0757. The number of ketones is 1. The number of benzene rings is 1. The van der Waals surface area contributed by atoms with Crippen LogP contribution in [0.15, 0.2) is 30.3 Å². The molecule has 0 N–H and O–H groups in total. The number of hydrogen-bond donors (Lipinski definition) is 0. The molecular formula is C12H13NO2. The van der Waals surface area contributed by atoms with Crippen LogP contribution in [0.5, 0.6) is 0 Å². The summed E-state index contributed by atoms with van der Waals surface area (Å²) in [5.74, 6) is -0.0208. The fourth-order valence-corrected chi connectivity index (χ4v) is 1.13. The first-order chi connectivity index (χ1) is 7.34. The highest BCUT2D eigenvalue weighted by molar-refractivity contribution is 5.96. The van der Waals surface area contributed by atoms with Crippen molar-refractivity contribution in [2.45, 2.75) is 12.8 Å². The van der Waals surface area contributed by atoms with Gasteiger partial charge in [0.15, 0.2) is 5.78 Å². The van der Waals surface area contributed by atoms with Crippen molar-refractivity contribution in [1.82, 2.24) is 0 Å². The maximum Gasteiger partial charge on any atom is 0.188 e. The van der Waals surface area contributed by atoms with Gasteiger partial charge < -0.3 is 4.74 Å². The van der Waals surface area contributed by atoms with E-state index in [2.05, 4.69) is 0 Å². The van der Waals surface area contributed by atoms with Gasteiger partial charge in [-0.15, -0.1) is 0 Å². The Balaban J connectivity index is 2.23. The number of Topliss-reactive ketones (excluding diaryl/α,β-unsaturated/α-hetero) is 1. The second-order valence-corrected chi connectivity index (χ2v) is 3.10. The molecule has 3 nitrogen and oxygen atoms in total. The number of rotatable bonds is 6. The van der Waals surface area contributed by atoms with Crippen molar-refractivity contribution in [2.24, 2.45) is 0 Å². The monoisotopic (exact) mass is 203 g/mol. The summed E-state index contributed by atoms with van der Waals surface area (Å²) in [6.07, 6.45) is 1.15. The highest BCUT2D eigenvalue weighted by atomic mass is 16.5. The van der Waals surface area contributed by atoms with E-state index in [9.17, 15) is 4.79 Å². The third-order valence-electron chi connectivity index (χ3n) is 1.91. The van der Waals surface area contributed by atoms with Crippen molar-refractivity contribution in [3.63, 3.8) is 0 Å². The molecule has 0 aliphatic carbocycles. The van der Waals surface area contributed by atoms with Crippen molar-refractivity contribution in [3.05, 3.63) is 35.9 Å². The Morgan fingerprint density at radius 2 is 2.07 bits per heavy atom. The summed E-state index contributed by atoms with van der Waals surface area (Å²) in [5, 5.41) is 8.28. The summed E-state index contributed by atoms with van der Waals surface area (Å²) in [4.78, 5) is 11.5. The zero-order chi connectivity index (χ0) is 10.9. The third-order valence-corrected chi connectivity index (χ3v) is 1.91. The Bertz CT molecular complexity index is 340. The molecule has 0 heterocycles. The van der Waals surface area contributed by atoms with Gasteiger partial charge in [0.05, 0.1) is 6.07 Å². The lowest BCUT2D eigenvalue weighted by Crippen LogP contribution is -2.09. The van der Waals surface area contributed by atoms with Crippen LogP contribution in [0.1, 0.15) is 23.2 Å². The van der Waals surface area contributed by atoms with Gasteiger partial charge in [0.2, 0.25) is 0 Å². The minimum atomic E-state index is -0.0208. The lowest BCUT2D eigenvalue weighted by Gasteiger charge is -2.01. The largest absolute Gasteiger partial charge is 0.373 e. The maximum atomic E-state index is 11.5. The SMILES string of the molecule is N#CCCCOCC(=O)c1ccccc1. The van der Waals surface area contributed by atoms with Crippen LogP contribution < -0.4 is 0 Å². The number of nitriles is 1. The first-order valence-corrected chi connectivity index (χ1v) is 4.87. The smallest absolute Gasteiger partial charge is 0.188 e. The molecule has 0 radical (unpaired) electrons. The van der Waals surface area contributed by atoms with Crippen LogP contribution in [0.25, 0.3) is 0 Å². The molecule has 1 rings (SSSR count). The Morgan fingerprint density at radius 1 is 1.33 bits per heavy atom.